The van der Waals surface area contributed by atoms with Crippen LogP contribution in [0.25, 0.3) is 5.52 Å². The summed E-state index contributed by atoms with van der Waals surface area (Å²) in [5.41, 5.74) is 0.708. The molecule has 1 aliphatic heterocycles. The van der Waals surface area contributed by atoms with E-state index < -0.39 is 9.84 Å². The summed E-state index contributed by atoms with van der Waals surface area (Å²) in [7, 11) is -3.50. The SMILES string of the molecule is CS(=O)(=O)c1nc(C(=O)N2CCNCC2)c2ccccn12. The van der Waals surface area contributed by atoms with Gasteiger partial charge in [0, 0.05) is 38.6 Å². The minimum Gasteiger partial charge on any atom is -0.335 e. The molecule has 2 aromatic heterocycles. The van der Waals surface area contributed by atoms with Gasteiger partial charge in [-0.2, -0.15) is 0 Å². The molecule has 112 valence electrons. The third-order valence-corrected chi connectivity index (χ3v) is 4.41. The number of carbonyl (C=O) groups is 1. The minimum absolute atomic E-state index is 0.100. The first-order valence-electron chi connectivity index (χ1n) is 6.65. The van der Waals surface area contributed by atoms with Gasteiger partial charge in [-0.3, -0.25) is 9.20 Å². The van der Waals surface area contributed by atoms with E-state index in [4.69, 9.17) is 0 Å². The molecule has 1 saturated heterocycles. The van der Waals surface area contributed by atoms with Crippen LogP contribution in [0.1, 0.15) is 10.5 Å². The zero-order valence-corrected chi connectivity index (χ0v) is 12.4. The lowest BCUT2D eigenvalue weighted by molar-refractivity contribution is 0.0732. The second-order valence-corrected chi connectivity index (χ2v) is 6.92. The molecule has 0 saturated carbocycles. The molecule has 0 aliphatic carbocycles. The fraction of sp³-hybridized carbons (Fsp3) is 0.385. The molecule has 8 heteroatoms. The maximum atomic E-state index is 12.6. The number of nitrogens with one attached hydrogen (secondary N) is 1. The van der Waals surface area contributed by atoms with Crippen molar-refractivity contribution in [2.45, 2.75) is 5.16 Å². The van der Waals surface area contributed by atoms with Crippen molar-refractivity contribution in [2.24, 2.45) is 0 Å². The fourth-order valence-corrected chi connectivity index (χ4v) is 3.22. The molecule has 1 amide bonds. The Bertz CT molecular complexity index is 791. The number of fused-ring (bicyclic) bond motifs is 1. The van der Waals surface area contributed by atoms with Gasteiger partial charge in [0.05, 0.1) is 5.52 Å². The lowest BCUT2D eigenvalue weighted by Gasteiger charge is -2.26. The lowest BCUT2D eigenvalue weighted by Crippen LogP contribution is -2.46. The Hall–Kier alpha value is -1.93. The summed E-state index contributed by atoms with van der Waals surface area (Å²) in [6.45, 7) is 2.66. The van der Waals surface area contributed by atoms with Gasteiger partial charge in [-0.25, -0.2) is 13.4 Å². The number of amides is 1. The van der Waals surface area contributed by atoms with Crippen LogP contribution in [0.15, 0.2) is 29.6 Å². The van der Waals surface area contributed by atoms with E-state index in [0.29, 0.717) is 18.6 Å². The largest absolute Gasteiger partial charge is 0.335 e. The molecule has 0 bridgehead atoms. The molecule has 3 rings (SSSR count). The Labute approximate surface area is 122 Å². The van der Waals surface area contributed by atoms with Crippen LogP contribution in [-0.4, -0.2) is 61.0 Å². The van der Waals surface area contributed by atoms with Gasteiger partial charge in [0.25, 0.3) is 5.91 Å². The Kier molecular flexibility index (Phi) is 3.42. The van der Waals surface area contributed by atoms with Crippen LogP contribution >= 0.6 is 0 Å². The molecule has 0 aromatic carbocycles. The third kappa shape index (κ3) is 2.52. The average molecular weight is 308 g/mol. The van der Waals surface area contributed by atoms with Crippen LogP contribution in [-0.2, 0) is 9.84 Å². The van der Waals surface area contributed by atoms with Crippen molar-refractivity contribution in [1.82, 2.24) is 19.6 Å². The van der Waals surface area contributed by atoms with Crippen molar-refractivity contribution in [3.63, 3.8) is 0 Å². The standard InChI is InChI=1S/C13H16N4O3S/c1-21(19,20)13-15-11(10-4-2-3-7-17(10)13)12(18)16-8-5-14-6-9-16/h2-4,7,14H,5-6,8-9H2,1H3. The van der Waals surface area contributed by atoms with Crippen molar-refractivity contribution >= 4 is 21.3 Å². The second kappa shape index (κ2) is 5.12. The maximum Gasteiger partial charge on any atom is 0.274 e. The molecule has 1 fully saturated rings. The minimum atomic E-state index is -3.50. The van der Waals surface area contributed by atoms with Crippen molar-refractivity contribution < 1.29 is 13.2 Å². The maximum absolute atomic E-state index is 12.6. The molecular weight excluding hydrogens is 292 g/mol. The summed E-state index contributed by atoms with van der Waals surface area (Å²) >= 11 is 0. The first kappa shape index (κ1) is 14.0. The van der Waals surface area contributed by atoms with Crippen molar-refractivity contribution in [3.8, 4) is 0 Å². The molecule has 1 aliphatic rings. The summed E-state index contributed by atoms with van der Waals surface area (Å²) in [5, 5.41) is 3.07. The Morgan fingerprint density at radius 1 is 1.29 bits per heavy atom. The quantitative estimate of drug-likeness (QED) is 0.829. The Morgan fingerprint density at radius 3 is 2.67 bits per heavy atom. The van der Waals surface area contributed by atoms with Gasteiger partial charge in [-0.1, -0.05) is 6.07 Å². The van der Waals surface area contributed by atoms with Crippen molar-refractivity contribution in [1.29, 1.82) is 0 Å². The number of sulfone groups is 1. The smallest absolute Gasteiger partial charge is 0.274 e. The molecule has 7 nitrogen and oxygen atoms in total. The summed E-state index contributed by atoms with van der Waals surface area (Å²) in [6, 6.07) is 5.18. The van der Waals surface area contributed by atoms with Crippen LogP contribution in [0.4, 0.5) is 0 Å². The molecular formula is C13H16N4O3S. The van der Waals surface area contributed by atoms with Crippen LogP contribution in [0.5, 0.6) is 0 Å². The van der Waals surface area contributed by atoms with E-state index in [1.165, 1.54) is 4.40 Å². The molecule has 1 N–H and O–H groups in total. The number of aromatic nitrogens is 2. The number of imidazole rings is 1. The number of pyridine rings is 1. The number of rotatable bonds is 2. The zero-order chi connectivity index (χ0) is 15.0. The fourth-order valence-electron chi connectivity index (χ4n) is 2.45. The number of nitrogens with zero attached hydrogens (tertiary/aromatic N) is 3. The number of hydrogen-bond acceptors (Lipinski definition) is 5. The highest BCUT2D eigenvalue weighted by Gasteiger charge is 2.26. The van der Waals surface area contributed by atoms with Crippen LogP contribution in [0.2, 0.25) is 0 Å². The highest BCUT2D eigenvalue weighted by molar-refractivity contribution is 7.90. The van der Waals surface area contributed by atoms with Gasteiger partial charge < -0.3 is 10.2 Å². The van der Waals surface area contributed by atoms with Gasteiger partial charge in [0.1, 0.15) is 0 Å². The number of carbonyl (C=O) groups excluding carboxylic acids is 1. The normalized spacial score (nSPS) is 16.3. The zero-order valence-electron chi connectivity index (χ0n) is 11.6. The van der Waals surface area contributed by atoms with E-state index in [1.807, 2.05) is 0 Å². The molecule has 21 heavy (non-hydrogen) atoms. The molecule has 0 atom stereocenters. The van der Waals surface area contributed by atoms with E-state index >= 15 is 0 Å². The molecule has 0 unspecified atom stereocenters. The summed E-state index contributed by atoms with van der Waals surface area (Å²) < 4.78 is 25.1. The number of hydrogen-bond donors (Lipinski definition) is 1. The first-order chi connectivity index (χ1) is 9.98. The molecule has 0 spiro atoms. The third-order valence-electron chi connectivity index (χ3n) is 3.45. The average Bonchev–Trinajstić information content (AvgIpc) is 2.87. The highest BCUT2D eigenvalue weighted by Crippen LogP contribution is 2.18. The van der Waals surface area contributed by atoms with Gasteiger partial charge >= 0.3 is 0 Å². The van der Waals surface area contributed by atoms with E-state index in [-0.39, 0.29) is 16.8 Å². The predicted octanol–water partition coefficient (Wildman–Crippen LogP) is -0.217. The Morgan fingerprint density at radius 2 is 2.00 bits per heavy atom. The molecule has 2 aromatic rings. The second-order valence-electron chi connectivity index (χ2n) is 5.01. The molecule has 3 heterocycles. The Balaban J connectivity index is 2.12. The number of piperazine rings is 1. The van der Waals surface area contributed by atoms with E-state index in [2.05, 4.69) is 10.3 Å². The van der Waals surface area contributed by atoms with Gasteiger partial charge in [0.2, 0.25) is 15.0 Å². The van der Waals surface area contributed by atoms with Gasteiger partial charge in [-0.05, 0) is 12.1 Å². The monoisotopic (exact) mass is 308 g/mol. The van der Waals surface area contributed by atoms with Crippen LogP contribution < -0.4 is 5.32 Å². The first-order valence-corrected chi connectivity index (χ1v) is 8.55. The topological polar surface area (TPSA) is 83.8 Å². The summed E-state index contributed by atoms with van der Waals surface area (Å²) in [4.78, 5) is 18.4. The van der Waals surface area contributed by atoms with Crippen LogP contribution in [0, 0.1) is 0 Å². The van der Waals surface area contributed by atoms with Gasteiger partial charge in [-0.15, -0.1) is 0 Å². The molecule has 0 radical (unpaired) electrons. The van der Waals surface area contributed by atoms with E-state index in [0.717, 1.165) is 19.3 Å². The predicted molar refractivity (Wildman–Crippen MR) is 77.1 cm³/mol. The summed E-state index contributed by atoms with van der Waals surface area (Å²) in [5.74, 6) is -0.227. The van der Waals surface area contributed by atoms with Crippen molar-refractivity contribution in [3.05, 3.63) is 30.1 Å². The lowest BCUT2D eigenvalue weighted by atomic mass is 10.2. The van der Waals surface area contributed by atoms with E-state index in [1.54, 1.807) is 29.3 Å². The van der Waals surface area contributed by atoms with E-state index in [9.17, 15) is 13.2 Å². The van der Waals surface area contributed by atoms with Crippen molar-refractivity contribution in [2.75, 3.05) is 32.4 Å². The summed E-state index contributed by atoms with van der Waals surface area (Å²) in [6.07, 6.45) is 2.70. The highest BCUT2D eigenvalue weighted by atomic mass is 32.2. The van der Waals surface area contributed by atoms with Crippen LogP contribution in [0.3, 0.4) is 0 Å². The van der Waals surface area contributed by atoms with Gasteiger partial charge in [0.15, 0.2) is 5.69 Å².